The maximum atomic E-state index is 12.2. The van der Waals surface area contributed by atoms with Gasteiger partial charge in [-0.2, -0.15) is 5.21 Å². The number of aliphatic carboxylic acids is 1. The van der Waals surface area contributed by atoms with Crippen LogP contribution >= 0.6 is 0 Å². The van der Waals surface area contributed by atoms with Crippen LogP contribution in [-0.4, -0.2) is 43.6 Å². The van der Waals surface area contributed by atoms with Crippen LogP contribution in [0.4, 0.5) is 0 Å². The van der Waals surface area contributed by atoms with Crippen LogP contribution in [0, 0.1) is 5.92 Å². The second-order valence-corrected chi connectivity index (χ2v) is 4.94. The van der Waals surface area contributed by atoms with Crippen molar-refractivity contribution in [3.05, 3.63) is 29.8 Å². The van der Waals surface area contributed by atoms with Gasteiger partial charge in [-0.05, 0) is 36.1 Å². The Bertz CT molecular complexity index is 666. The van der Waals surface area contributed by atoms with Gasteiger partial charge in [0.2, 0.25) is 5.82 Å². The number of nitrogens with one attached hydrogen (secondary N) is 2. The van der Waals surface area contributed by atoms with Gasteiger partial charge >= 0.3 is 5.97 Å². The summed E-state index contributed by atoms with van der Waals surface area (Å²) >= 11 is 0. The third-order valence-corrected chi connectivity index (χ3v) is 3.37. The average Bonchev–Trinajstić information content (AvgIpc) is 3.17. The third kappa shape index (κ3) is 2.88. The summed E-state index contributed by atoms with van der Waals surface area (Å²) in [6.07, 6.45) is 1.67. The number of carboxylic acids is 1. The molecule has 1 aliphatic rings. The molecule has 1 aromatic carbocycles. The fourth-order valence-electron chi connectivity index (χ4n) is 2.12. The molecule has 1 fully saturated rings. The molecule has 1 aliphatic carbocycles. The van der Waals surface area contributed by atoms with Crippen LogP contribution in [-0.2, 0) is 4.79 Å². The van der Waals surface area contributed by atoms with Gasteiger partial charge in [0.1, 0.15) is 6.04 Å². The van der Waals surface area contributed by atoms with Crippen molar-refractivity contribution in [2.24, 2.45) is 5.92 Å². The Morgan fingerprint density at radius 3 is 2.81 bits per heavy atom. The van der Waals surface area contributed by atoms with E-state index in [4.69, 9.17) is 5.11 Å². The molecule has 3 rings (SSSR count). The molecule has 1 unspecified atom stereocenters. The first-order valence-corrected chi connectivity index (χ1v) is 6.52. The first kappa shape index (κ1) is 13.2. The molecule has 108 valence electrons. The minimum atomic E-state index is -1.000. The van der Waals surface area contributed by atoms with Crippen molar-refractivity contribution in [2.45, 2.75) is 18.9 Å². The summed E-state index contributed by atoms with van der Waals surface area (Å²) in [5, 5.41) is 25.2. The highest BCUT2D eigenvalue weighted by atomic mass is 16.4. The normalized spacial score (nSPS) is 15.4. The zero-order chi connectivity index (χ0) is 14.8. The van der Waals surface area contributed by atoms with E-state index in [1.54, 1.807) is 24.3 Å². The molecule has 0 aliphatic heterocycles. The van der Waals surface area contributed by atoms with Crippen molar-refractivity contribution in [3.63, 3.8) is 0 Å². The van der Waals surface area contributed by atoms with Crippen molar-refractivity contribution >= 4 is 11.9 Å². The summed E-state index contributed by atoms with van der Waals surface area (Å²) in [6, 6.07) is 5.83. The summed E-state index contributed by atoms with van der Waals surface area (Å²) < 4.78 is 0. The number of aromatic nitrogens is 4. The van der Waals surface area contributed by atoms with Gasteiger partial charge in [0.25, 0.3) is 5.91 Å². The number of hydrogen-bond acceptors (Lipinski definition) is 5. The van der Waals surface area contributed by atoms with E-state index in [1.807, 2.05) is 0 Å². The highest BCUT2D eigenvalue weighted by molar-refractivity contribution is 5.97. The van der Waals surface area contributed by atoms with E-state index in [9.17, 15) is 9.59 Å². The number of hydrogen-bond donors (Lipinski definition) is 3. The Morgan fingerprint density at radius 1 is 1.38 bits per heavy atom. The molecule has 21 heavy (non-hydrogen) atoms. The van der Waals surface area contributed by atoms with Crippen molar-refractivity contribution in [1.29, 1.82) is 0 Å². The lowest BCUT2D eigenvalue weighted by atomic mass is 10.1. The smallest absolute Gasteiger partial charge is 0.326 e. The Labute approximate surface area is 119 Å². The molecule has 1 amide bonds. The van der Waals surface area contributed by atoms with Gasteiger partial charge < -0.3 is 10.4 Å². The van der Waals surface area contributed by atoms with Crippen molar-refractivity contribution in [2.75, 3.05) is 0 Å². The Hall–Kier alpha value is -2.77. The topological polar surface area (TPSA) is 121 Å². The number of rotatable bonds is 5. The minimum Gasteiger partial charge on any atom is -0.480 e. The molecule has 2 aromatic rings. The van der Waals surface area contributed by atoms with Gasteiger partial charge in [-0.3, -0.25) is 4.79 Å². The zero-order valence-corrected chi connectivity index (χ0v) is 11.0. The van der Waals surface area contributed by atoms with E-state index in [1.165, 1.54) is 0 Å². The maximum absolute atomic E-state index is 12.2. The molecule has 1 atom stereocenters. The van der Waals surface area contributed by atoms with Crippen molar-refractivity contribution in [1.82, 2.24) is 25.9 Å². The molecule has 8 heteroatoms. The lowest BCUT2D eigenvalue weighted by Crippen LogP contribution is -2.42. The van der Waals surface area contributed by atoms with Crippen LogP contribution < -0.4 is 5.32 Å². The molecule has 8 nitrogen and oxygen atoms in total. The lowest BCUT2D eigenvalue weighted by molar-refractivity contribution is -0.139. The van der Waals surface area contributed by atoms with Crippen molar-refractivity contribution < 1.29 is 14.7 Å². The summed E-state index contributed by atoms with van der Waals surface area (Å²) in [5.41, 5.74) is 0.999. The summed E-state index contributed by atoms with van der Waals surface area (Å²) in [4.78, 5) is 23.3. The van der Waals surface area contributed by atoms with Crippen LogP contribution in [0.5, 0.6) is 0 Å². The molecular formula is C13H13N5O3. The molecule has 0 saturated heterocycles. The number of benzene rings is 1. The molecule has 1 heterocycles. The predicted octanol–water partition coefficient (Wildman–Crippen LogP) is 0.460. The van der Waals surface area contributed by atoms with Gasteiger partial charge in [0, 0.05) is 11.1 Å². The molecular weight excluding hydrogens is 274 g/mol. The van der Waals surface area contributed by atoms with Gasteiger partial charge in [-0.15, -0.1) is 10.2 Å². The second-order valence-electron chi connectivity index (χ2n) is 4.94. The van der Waals surface area contributed by atoms with Gasteiger partial charge in [0.05, 0.1) is 0 Å². The summed E-state index contributed by atoms with van der Waals surface area (Å²) in [5.74, 6) is -1.01. The Morgan fingerprint density at radius 2 is 2.19 bits per heavy atom. The van der Waals surface area contributed by atoms with Crippen LogP contribution in [0.1, 0.15) is 23.2 Å². The summed E-state index contributed by atoms with van der Waals surface area (Å²) in [7, 11) is 0. The van der Waals surface area contributed by atoms with E-state index in [0.717, 1.165) is 12.8 Å². The Balaban J connectivity index is 1.78. The number of amides is 1. The van der Waals surface area contributed by atoms with E-state index in [-0.39, 0.29) is 5.92 Å². The molecule has 1 aromatic heterocycles. The second kappa shape index (κ2) is 5.31. The van der Waals surface area contributed by atoms with E-state index in [2.05, 4.69) is 25.9 Å². The number of carbonyl (C=O) groups is 2. The molecule has 0 spiro atoms. The van der Waals surface area contributed by atoms with Gasteiger partial charge in [-0.1, -0.05) is 12.1 Å². The number of tetrazole rings is 1. The number of H-pyrrole nitrogens is 1. The SMILES string of the molecule is O=C(NC(C(=O)O)C1CC1)c1cccc(-c2nn[nH]n2)c1. The fourth-order valence-corrected chi connectivity index (χ4v) is 2.12. The monoisotopic (exact) mass is 287 g/mol. The molecule has 0 radical (unpaired) electrons. The van der Waals surface area contributed by atoms with E-state index < -0.39 is 17.9 Å². The maximum Gasteiger partial charge on any atom is 0.326 e. The number of carbonyl (C=O) groups excluding carboxylic acids is 1. The predicted molar refractivity (Wildman–Crippen MR) is 71.2 cm³/mol. The Kier molecular flexibility index (Phi) is 3.35. The third-order valence-electron chi connectivity index (χ3n) is 3.37. The minimum absolute atomic E-state index is 0.0341. The zero-order valence-electron chi connectivity index (χ0n) is 11.0. The first-order valence-electron chi connectivity index (χ1n) is 6.52. The quantitative estimate of drug-likeness (QED) is 0.734. The number of aromatic amines is 1. The van der Waals surface area contributed by atoms with E-state index in [0.29, 0.717) is 17.0 Å². The van der Waals surface area contributed by atoms with E-state index >= 15 is 0 Å². The molecule has 3 N–H and O–H groups in total. The first-order chi connectivity index (χ1) is 10.1. The highest BCUT2D eigenvalue weighted by Gasteiger charge is 2.37. The number of nitrogens with zero attached hydrogens (tertiary/aromatic N) is 3. The van der Waals surface area contributed by atoms with Crippen LogP contribution in [0.3, 0.4) is 0 Å². The van der Waals surface area contributed by atoms with Gasteiger partial charge in [-0.25, -0.2) is 4.79 Å². The lowest BCUT2D eigenvalue weighted by Gasteiger charge is -2.13. The average molecular weight is 287 g/mol. The van der Waals surface area contributed by atoms with Crippen LogP contribution in [0.15, 0.2) is 24.3 Å². The van der Waals surface area contributed by atoms with Gasteiger partial charge in [0.15, 0.2) is 0 Å². The van der Waals surface area contributed by atoms with Crippen LogP contribution in [0.25, 0.3) is 11.4 Å². The largest absolute Gasteiger partial charge is 0.480 e. The van der Waals surface area contributed by atoms with Crippen molar-refractivity contribution in [3.8, 4) is 11.4 Å². The molecule has 1 saturated carbocycles. The molecule has 0 bridgehead atoms. The fraction of sp³-hybridized carbons (Fsp3) is 0.308. The standard InChI is InChI=1S/C13H13N5O3/c19-12(14-10(13(20)21)7-4-5-7)9-3-1-2-8(6-9)11-15-17-18-16-11/h1-3,6-7,10H,4-5H2,(H,14,19)(H,20,21)(H,15,16,17,18). The highest BCUT2D eigenvalue weighted by Crippen LogP contribution is 2.32. The van der Waals surface area contributed by atoms with Crippen LogP contribution in [0.2, 0.25) is 0 Å². The summed E-state index contributed by atoms with van der Waals surface area (Å²) in [6.45, 7) is 0. The number of carboxylic acid groups (broad SMARTS) is 1.